The second-order valence-electron chi connectivity index (χ2n) is 6.27. The van der Waals surface area contributed by atoms with Crippen molar-refractivity contribution in [2.24, 2.45) is 5.16 Å². The Morgan fingerprint density at radius 2 is 1.54 bits per heavy atom. The predicted molar refractivity (Wildman–Crippen MR) is 104 cm³/mol. The largest absolute Gasteiger partial charge is 0.383 e. The maximum Gasteiger partial charge on any atom is 0.177 e. The van der Waals surface area contributed by atoms with E-state index < -0.39 is 5.60 Å². The van der Waals surface area contributed by atoms with Gasteiger partial charge in [0.25, 0.3) is 0 Å². The minimum atomic E-state index is -0.522. The van der Waals surface area contributed by atoms with E-state index in [9.17, 15) is 4.39 Å². The maximum atomic E-state index is 13.2. The molecule has 0 saturated heterocycles. The third kappa shape index (κ3) is 3.51. The summed E-state index contributed by atoms with van der Waals surface area (Å²) in [4.78, 5) is 7.21. The molecule has 3 aromatic rings. The summed E-state index contributed by atoms with van der Waals surface area (Å²) in [7, 11) is 0. The van der Waals surface area contributed by atoms with Crippen molar-refractivity contribution in [1.29, 1.82) is 0 Å². The van der Waals surface area contributed by atoms with Gasteiger partial charge in [0.2, 0.25) is 0 Å². The van der Waals surface area contributed by atoms with E-state index in [1.165, 1.54) is 17.0 Å². The van der Waals surface area contributed by atoms with Crippen molar-refractivity contribution >= 4 is 17.5 Å². The molecule has 4 heteroatoms. The first-order valence-electron chi connectivity index (χ1n) is 8.50. The van der Waals surface area contributed by atoms with Crippen LogP contribution >= 0.6 is 11.8 Å². The number of hydrogen-bond acceptors (Lipinski definition) is 3. The lowest BCUT2D eigenvalue weighted by atomic mass is 9.89. The van der Waals surface area contributed by atoms with Crippen molar-refractivity contribution in [3.05, 3.63) is 102 Å². The van der Waals surface area contributed by atoms with Crippen molar-refractivity contribution in [1.82, 2.24) is 0 Å². The molecule has 1 aliphatic rings. The van der Waals surface area contributed by atoms with Gasteiger partial charge in [-0.1, -0.05) is 65.8 Å². The van der Waals surface area contributed by atoms with Gasteiger partial charge in [-0.05, 0) is 35.4 Å². The van der Waals surface area contributed by atoms with E-state index in [-0.39, 0.29) is 5.82 Å². The molecular formula is C22H18FNOS. The molecule has 26 heavy (non-hydrogen) atoms. The van der Waals surface area contributed by atoms with Crippen molar-refractivity contribution < 1.29 is 9.23 Å². The molecule has 1 atom stereocenters. The summed E-state index contributed by atoms with van der Waals surface area (Å²) in [5.74, 6) is 0.497. The van der Waals surface area contributed by atoms with Crippen molar-refractivity contribution in [2.75, 3.05) is 5.75 Å². The van der Waals surface area contributed by atoms with Crippen molar-refractivity contribution in [2.45, 2.75) is 16.9 Å². The Morgan fingerprint density at radius 1 is 0.885 bits per heavy atom. The summed E-state index contributed by atoms with van der Waals surface area (Å²) < 4.78 is 13.2. The molecular weight excluding hydrogens is 345 g/mol. The Labute approximate surface area is 156 Å². The van der Waals surface area contributed by atoms with E-state index in [1.807, 2.05) is 36.4 Å². The van der Waals surface area contributed by atoms with Gasteiger partial charge >= 0.3 is 0 Å². The molecule has 0 amide bonds. The van der Waals surface area contributed by atoms with Crippen LogP contribution in [0.1, 0.15) is 17.5 Å². The zero-order valence-corrected chi connectivity index (χ0v) is 15.0. The quantitative estimate of drug-likeness (QED) is 0.547. The predicted octanol–water partition coefficient (Wildman–Crippen LogP) is 5.64. The monoisotopic (exact) mass is 363 g/mol. The minimum absolute atomic E-state index is 0.248. The van der Waals surface area contributed by atoms with Crippen LogP contribution in [-0.4, -0.2) is 11.5 Å². The topological polar surface area (TPSA) is 21.6 Å². The Bertz CT molecular complexity index is 896. The third-order valence-electron chi connectivity index (χ3n) is 4.48. The second-order valence-corrected chi connectivity index (χ2v) is 7.32. The molecule has 3 aromatic carbocycles. The summed E-state index contributed by atoms with van der Waals surface area (Å²) in [6.45, 7) is 0. The van der Waals surface area contributed by atoms with E-state index >= 15 is 0 Å². The van der Waals surface area contributed by atoms with E-state index in [2.05, 4.69) is 29.4 Å². The fourth-order valence-electron chi connectivity index (χ4n) is 3.05. The fraction of sp³-hybridized carbons (Fsp3) is 0.136. The molecule has 0 fully saturated rings. The van der Waals surface area contributed by atoms with Crippen LogP contribution in [0.25, 0.3) is 0 Å². The van der Waals surface area contributed by atoms with Crippen molar-refractivity contribution in [3.8, 4) is 0 Å². The first-order chi connectivity index (χ1) is 12.8. The number of benzene rings is 3. The van der Waals surface area contributed by atoms with Gasteiger partial charge in [0.05, 0.1) is 5.71 Å². The zero-order valence-electron chi connectivity index (χ0n) is 14.1. The highest BCUT2D eigenvalue weighted by Gasteiger charge is 2.41. The van der Waals surface area contributed by atoms with E-state index in [0.29, 0.717) is 6.42 Å². The first-order valence-corrected chi connectivity index (χ1v) is 9.48. The average Bonchev–Trinajstić information content (AvgIpc) is 3.14. The van der Waals surface area contributed by atoms with E-state index in [0.717, 1.165) is 22.6 Å². The smallest absolute Gasteiger partial charge is 0.177 e. The molecule has 0 unspecified atom stereocenters. The molecule has 0 bridgehead atoms. The fourth-order valence-corrected chi connectivity index (χ4v) is 4.12. The van der Waals surface area contributed by atoms with Crippen LogP contribution in [0.5, 0.6) is 0 Å². The molecule has 0 N–H and O–H groups in total. The maximum absolute atomic E-state index is 13.2. The Balaban J connectivity index is 1.60. The number of rotatable bonds is 5. The summed E-state index contributed by atoms with van der Waals surface area (Å²) in [5.41, 5.74) is 2.33. The van der Waals surface area contributed by atoms with Crippen LogP contribution in [0.15, 0.2) is 95.0 Å². The Hall–Kier alpha value is -2.59. The lowest BCUT2D eigenvalue weighted by Gasteiger charge is -2.27. The summed E-state index contributed by atoms with van der Waals surface area (Å²) in [5, 5.41) is 4.36. The Morgan fingerprint density at radius 3 is 2.23 bits per heavy atom. The number of oxime groups is 1. The summed E-state index contributed by atoms with van der Waals surface area (Å²) in [6, 6.07) is 26.9. The molecule has 2 nitrogen and oxygen atoms in total. The lowest BCUT2D eigenvalue weighted by molar-refractivity contribution is -0.00317. The van der Waals surface area contributed by atoms with Gasteiger partial charge in [0.15, 0.2) is 5.60 Å². The van der Waals surface area contributed by atoms with Crippen LogP contribution < -0.4 is 0 Å². The van der Waals surface area contributed by atoms with E-state index in [4.69, 9.17) is 4.84 Å². The number of hydrogen-bond donors (Lipinski definition) is 0. The van der Waals surface area contributed by atoms with Gasteiger partial charge in [-0.15, -0.1) is 11.8 Å². The van der Waals surface area contributed by atoms with Crippen molar-refractivity contribution in [3.63, 3.8) is 0 Å². The molecule has 0 saturated carbocycles. The Kier molecular flexibility index (Phi) is 4.76. The molecule has 0 spiro atoms. The third-order valence-corrected chi connectivity index (χ3v) is 5.69. The van der Waals surface area contributed by atoms with Crippen LogP contribution in [0, 0.1) is 5.82 Å². The molecule has 130 valence electrons. The van der Waals surface area contributed by atoms with Crippen LogP contribution in [0.3, 0.4) is 0 Å². The SMILES string of the molecule is Fc1ccc(C2=NO[C@](CSc3ccccc3)(c3ccccc3)C2)cc1. The lowest BCUT2D eigenvalue weighted by Crippen LogP contribution is -2.29. The van der Waals surface area contributed by atoms with Gasteiger partial charge in [-0.25, -0.2) is 4.39 Å². The minimum Gasteiger partial charge on any atom is -0.383 e. The molecule has 1 heterocycles. The average molecular weight is 363 g/mol. The summed E-state index contributed by atoms with van der Waals surface area (Å²) in [6.07, 6.45) is 0.655. The van der Waals surface area contributed by atoms with E-state index in [1.54, 1.807) is 23.9 Å². The summed E-state index contributed by atoms with van der Waals surface area (Å²) >= 11 is 1.75. The number of nitrogens with zero attached hydrogens (tertiary/aromatic N) is 1. The standard InChI is InChI=1S/C22H18FNOS/c23-19-13-11-17(12-14-19)21-15-22(25-24-21,18-7-3-1-4-8-18)16-26-20-9-5-2-6-10-20/h1-14H,15-16H2/t22-/m1/s1. The first kappa shape index (κ1) is 16.9. The molecule has 4 rings (SSSR count). The molecule has 0 aromatic heterocycles. The van der Waals surface area contributed by atoms with Crippen LogP contribution in [0.2, 0.25) is 0 Å². The number of thioether (sulfide) groups is 1. The van der Waals surface area contributed by atoms with Gasteiger partial charge in [-0.3, -0.25) is 0 Å². The highest BCUT2D eigenvalue weighted by Crippen LogP contribution is 2.40. The molecule has 0 aliphatic carbocycles. The molecule has 1 aliphatic heterocycles. The molecule has 0 radical (unpaired) electrons. The van der Waals surface area contributed by atoms with Gasteiger partial charge in [-0.2, -0.15) is 0 Å². The van der Waals surface area contributed by atoms with Gasteiger partial charge in [0.1, 0.15) is 5.82 Å². The van der Waals surface area contributed by atoms with Crippen LogP contribution in [-0.2, 0) is 10.4 Å². The van der Waals surface area contributed by atoms with Gasteiger partial charge in [0, 0.05) is 17.1 Å². The highest BCUT2D eigenvalue weighted by atomic mass is 32.2. The number of halogens is 1. The van der Waals surface area contributed by atoms with Crippen LogP contribution in [0.4, 0.5) is 4.39 Å². The zero-order chi connectivity index (χ0) is 17.8. The highest BCUT2D eigenvalue weighted by molar-refractivity contribution is 7.99. The second kappa shape index (κ2) is 7.34. The normalized spacial score (nSPS) is 19.0. The van der Waals surface area contributed by atoms with Gasteiger partial charge < -0.3 is 4.84 Å².